The van der Waals surface area contributed by atoms with Crippen molar-refractivity contribution in [3.63, 3.8) is 0 Å². The van der Waals surface area contributed by atoms with Crippen LogP contribution < -0.4 is 15.7 Å². The van der Waals surface area contributed by atoms with E-state index >= 15 is 0 Å². The summed E-state index contributed by atoms with van der Waals surface area (Å²) in [6.07, 6.45) is 0.753. The molecule has 10 heteroatoms. The highest BCUT2D eigenvalue weighted by Crippen LogP contribution is 2.16. The fourth-order valence-corrected chi connectivity index (χ4v) is 3.03. The highest BCUT2D eigenvalue weighted by Gasteiger charge is 2.27. The molecule has 9 nitrogen and oxygen atoms in total. The van der Waals surface area contributed by atoms with Crippen molar-refractivity contribution in [1.82, 2.24) is 10.2 Å². The molecular formula is C19H30BN3O6. The number of carboxylic acids is 1. The van der Waals surface area contributed by atoms with Gasteiger partial charge in [0.05, 0.1) is 19.2 Å². The SMILES string of the molecule is CC(C)C[C@H](N)B(O)Oc1ccc(C[C@H](NC(=O)N2CCOCC2)C(=O)O)cc1. The molecule has 1 fully saturated rings. The van der Waals surface area contributed by atoms with E-state index in [1.54, 1.807) is 24.3 Å². The summed E-state index contributed by atoms with van der Waals surface area (Å²) >= 11 is 0. The lowest BCUT2D eigenvalue weighted by atomic mass is 9.75. The number of nitrogens with one attached hydrogen (secondary N) is 1. The maximum absolute atomic E-state index is 12.3. The van der Waals surface area contributed by atoms with E-state index in [-0.39, 0.29) is 6.42 Å². The Balaban J connectivity index is 1.91. The number of ether oxygens (including phenoxy) is 1. The molecule has 1 aromatic carbocycles. The lowest BCUT2D eigenvalue weighted by Crippen LogP contribution is -2.51. The lowest BCUT2D eigenvalue weighted by molar-refractivity contribution is -0.139. The molecule has 1 aliphatic rings. The number of aliphatic carboxylic acids is 1. The first-order valence-corrected chi connectivity index (χ1v) is 9.81. The van der Waals surface area contributed by atoms with E-state index in [0.717, 1.165) is 0 Å². The van der Waals surface area contributed by atoms with Crippen LogP contribution in [0.25, 0.3) is 0 Å². The van der Waals surface area contributed by atoms with E-state index in [2.05, 4.69) is 5.32 Å². The minimum absolute atomic E-state index is 0.126. The van der Waals surface area contributed by atoms with Gasteiger partial charge in [0.1, 0.15) is 11.8 Å². The highest BCUT2D eigenvalue weighted by atomic mass is 16.5. The maximum atomic E-state index is 12.3. The third-order valence-electron chi connectivity index (χ3n) is 4.62. The molecule has 0 aliphatic carbocycles. The van der Waals surface area contributed by atoms with Gasteiger partial charge in [0.2, 0.25) is 0 Å². The van der Waals surface area contributed by atoms with Gasteiger partial charge in [-0.25, -0.2) is 9.59 Å². The third kappa shape index (κ3) is 7.56. The second-order valence-corrected chi connectivity index (χ2v) is 7.59. The second kappa shape index (κ2) is 11.0. The molecule has 160 valence electrons. The van der Waals surface area contributed by atoms with Crippen LogP contribution in [-0.2, 0) is 16.0 Å². The number of morpholine rings is 1. The van der Waals surface area contributed by atoms with Crippen LogP contribution in [-0.4, -0.2) is 72.4 Å². The van der Waals surface area contributed by atoms with Crippen LogP contribution in [0.5, 0.6) is 5.75 Å². The molecule has 0 radical (unpaired) electrons. The van der Waals surface area contributed by atoms with E-state index in [0.29, 0.717) is 50.0 Å². The Labute approximate surface area is 171 Å². The minimum atomic E-state index is -1.12. The second-order valence-electron chi connectivity index (χ2n) is 7.59. The smallest absolute Gasteiger partial charge is 0.535 e. The van der Waals surface area contributed by atoms with E-state index < -0.39 is 31.1 Å². The summed E-state index contributed by atoms with van der Waals surface area (Å²) in [7, 11) is -1.12. The number of carbonyl (C=O) groups is 2. The van der Waals surface area contributed by atoms with Gasteiger partial charge in [-0.05, 0) is 30.0 Å². The van der Waals surface area contributed by atoms with Gasteiger partial charge >= 0.3 is 19.1 Å². The normalized spacial score (nSPS) is 16.2. The van der Waals surface area contributed by atoms with Crippen LogP contribution in [0.15, 0.2) is 24.3 Å². The number of carbonyl (C=O) groups excluding carboxylic acids is 1. The molecule has 0 spiro atoms. The molecule has 2 amide bonds. The summed E-state index contributed by atoms with van der Waals surface area (Å²) in [4.78, 5) is 25.4. The van der Waals surface area contributed by atoms with Crippen LogP contribution in [0, 0.1) is 5.92 Å². The number of carboxylic acid groups (broad SMARTS) is 1. The summed E-state index contributed by atoms with van der Waals surface area (Å²) < 4.78 is 10.6. The summed E-state index contributed by atoms with van der Waals surface area (Å²) in [5.41, 5.74) is 6.63. The first-order chi connectivity index (χ1) is 13.8. The molecule has 2 atom stereocenters. The van der Waals surface area contributed by atoms with Crippen molar-refractivity contribution < 1.29 is 29.1 Å². The van der Waals surface area contributed by atoms with Crippen LogP contribution >= 0.6 is 0 Å². The predicted molar refractivity (Wildman–Crippen MR) is 109 cm³/mol. The van der Waals surface area contributed by atoms with Gasteiger partial charge in [-0.3, -0.25) is 0 Å². The number of nitrogens with two attached hydrogens (primary N) is 1. The van der Waals surface area contributed by atoms with Gasteiger partial charge in [-0.15, -0.1) is 0 Å². The van der Waals surface area contributed by atoms with E-state index in [1.807, 2.05) is 13.8 Å². The third-order valence-corrected chi connectivity index (χ3v) is 4.62. The molecule has 0 bridgehead atoms. The first-order valence-electron chi connectivity index (χ1n) is 9.81. The molecule has 0 aromatic heterocycles. The Morgan fingerprint density at radius 1 is 1.28 bits per heavy atom. The van der Waals surface area contributed by atoms with Crippen molar-refractivity contribution in [2.75, 3.05) is 26.3 Å². The summed E-state index contributed by atoms with van der Waals surface area (Å²) in [5.74, 6) is -0.834. The number of rotatable bonds is 9. The molecule has 1 aliphatic heterocycles. The van der Waals surface area contributed by atoms with Gasteiger partial charge in [-0.2, -0.15) is 0 Å². The number of hydrogen-bond acceptors (Lipinski definition) is 6. The topological polar surface area (TPSA) is 134 Å². The van der Waals surface area contributed by atoms with Crippen LogP contribution in [0.2, 0.25) is 0 Å². The summed E-state index contributed by atoms with van der Waals surface area (Å²) in [6.45, 7) is 5.78. The zero-order chi connectivity index (χ0) is 21.4. The highest BCUT2D eigenvalue weighted by molar-refractivity contribution is 6.45. The summed E-state index contributed by atoms with van der Waals surface area (Å²) in [5, 5.41) is 22.1. The average molecular weight is 407 g/mol. The van der Waals surface area contributed by atoms with Crippen molar-refractivity contribution >= 4 is 19.1 Å². The van der Waals surface area contributed by atoms with Crippen LogP contribution in [0.3, 0.4) is 0 Å². The van der Waals surface area contributed by atoms with E-state index in [9.17, 15) is 19.7 Å². The molecule has 5 N–H and O–H groups in total. The van der Waals surface area contributed by atoms with E-state index in [1.165, 1.54) is 4.90 Å². The molecule has 0 saturated carbocycles. The van der Waals surface area contributed by atoms with Crippen LogP contribution in [0.1, 0.15) is 25.8 Å². The van der Waals surface area contributed by atoms with Crippen LogP contribution in [0.4, 0.5) is 4.79 Å². The van der Waals surface area contributed by atoms with Crippen molar-refractivity contribution in [2.45, 2.75) is 38.7 Å². The number of nitrogens with zero attached hydrogens (tertiary/aromatic N) is 1. The molecule has 1 saturated heterocycles. The van der Waals surface area contributed by atoms with E-state index in [4.69, 9.17) is 15.1 Å². The quantitative estimate of drug-likeness (QED) is 0.438. The Kier molecular flexibility index (Phi) is 8.75. The van der Waals surface area contributed by atoms with Crippen molar-refractivity contribution in [1.29, 1.82) is 0 Å². The van der Waals surface area contributed by atoms with Gasteiger partial charge in [0.25, 0.3) is 0 Å². The lowest BCUT2D eigenvalue weighted by Gasteiger charge is -2.28. The molecule has 1 aromatic rings. The number of hydrogen-bond donors (Lipinski definition) is 4. The standard InChI is InChI=1S/C19H30BN3O6/c1-13(2)11-17(21)20(27)29-15-5-3-14(4-6-15)12-16(18(24)25)22-19(26)23-7-9-28-10-8-23/h3-6,13,16-17,27H,7-12,21H2,1-2H3,(H,22,26)(H,24,25)/t16-,17-/m0/s1. The molecular weight excluding hydrogens is 377 g/mol. The maximum Gasteiger partial charge on any atom is 0.540 e. The fraction of sp³-hybridized carbons (Fsp3) is 0.579. The Bertz CT molecular complexity index is 666. The Morgan fingerprint density at radius 2 is 1.90 bits per heavy atom. The van der Waals surface area contributed by atoms with Gasteiger partial charge in [-0.1, -0.05) is 26.0 Å². The van der Waals surface area contributed by atoms with Crippen molar-refractivity contribution in [3.8, 4) is 5.75 Å². The monoisotopic (exact) mass is 407 g/mol. The zero-order valence-corrected chi connectivity index (χ0v) is 16.9. The minimum Gasteiger partial charge on any atom is -0.535 e. The van der Waals surface area contributed by atoms with Crippen molar-refractivity contribution in [3.05, 3.63) is 29.8 Å². The van der Waals surface area contributed by atoms with Gasteiger partial charge in [0, 0.05) is 19.5 Å². The zero-order valence-electron chi connectivity index (χ0n) is 16.9. The molecule has 29 heavy (non-hydrogen) atoms. The number of urea groups is 1. The number of amides is 2. The van der Waals surface area contributed by atoms with Crippen molar-refractivity contribution in [2.24, 2.45) is 11.7 Å². The molecule has 1 heterocycles. The largest absolute Gasteiger partial charge is 0.540 e. The molecule has 2 rings (SSSR count). The fourth-order valence-electron chi connectivity index (χ4n) is 3.03. The van der Waals surface area contributed by atoms with Gasteiger partial charge in [0.15, 0.2) is 0 Å². The number of benzene rings is 1. The Morgan fingerprint density at radius 3 is 2.45 bits per heavy atom. The average Bonchev–Trinajstić information content (AvgIpc) is 2.68. The Hall–Kier alpha value is -2.30. The molecule has 0 unspecified atom stereocenters. The van der Waals surface area contributed by atoms with Gasteiger partial charge < -0.3 is 35.5 Å². The predicted octanol–water partition coefficient (Wildman–Crippen LogP) is 0.496. The first kappa shape index (κ1) is 23.0. The summed E-state index contributed by atoms with van der Waals surface area (Å²) in [6, 6.07) is 5.22.